The van der Waals surface area contributed by atoms with Crippen molar-refractivity contribution in [3.8, 4) is 0 Å². The number of hydrogen-bond donors (Lipinski definition) is 1. The zero-order valence-corrected chi connectivity index (χ0v) is 12.2. The Morgan fingerprint density at radius 3 is 2.80 bits per heavy atom. The van der Waals surface area contributed by atoms with E-state index in [2.05, 4.69) is 10.3 Å². The number of rotatable bonds is 4. The van der Waals surface area contributed by atoms with Crippen molar-refractivity contribution in [3.05, 3.63) is 29.6 Å². The van der Waals surface area contributed by atoms with Gasteiger partial charge in [-0.15, -0.1) is 0 Å². The third-order valence-electron chi connectivity index (χ3n) is 3.69. The van der Waals surface area contributed by atoms with Crippen molar-refractivity contribution in [1.82, 2.24) is 15.2 Å². The second kappa shape index (κ2) is 6.03. The maximum absolute atomic E-state index is 12.4. The van der Waals surface area contributed by atoms with Crippen molar-refractivity contribution in [2.75, 3.05) is 0 Å². The fourth-order valence-electron chi connectivity index (χ4n) is 2.51. The average molecular weight is 275 g/mol. The number of aryl methyl sites for hydroxylation is 1. The summed E-state index contributed by atoms with van der Waals surface area (Å²) in [7, 11) is 0. The molecular formula is C15H21N3O2. The number of amides is 2. The number of pyridine rings is 1. The van der Waals surface area contributed by atoms with Crippen molar-refractivity contribution in [3.63, 3.8) is 0 Å². The van der Waals surface area contributed by atoms with E-state index in [0.717, 1.165) is 17.7 Å². The van der Waals surface area contributed by atoms with Gasteiger partial charge in [0.05, 0.1) is 12.2 Å². The van der Waals surface area contributed by atoms with Crippen molar-refractivity contribution in [2.24, 2.45) is 0 Å². The molecule has 1 aliphatic rings. The van der Waals surface area contributed by atoms with E-state index in [1.165, 1.54) is 0 Å². The summed E-state index contributed by atoms with van der Waals surface area (Å²) in [6, 6.07) is 3.00. The number of nitrogens with one attached hydrogen (secondary N) is 1. The normalized spacial score (nSPS) is 22.9. The van der Waals surface area contributed by atoms with Crippen LogP contribution < -0.4 is 5.32 Å². The first-order valence-electron chi connectivity index (χ1n) is 7.06. The lowest BCUT2D eigenvalue weighted by molar-refractivity contribution is -0.149. The number of carbonyl (C=O) groups excluding carboxylic acids is 2. The molecule has 0 aliphatic carbocycles. The highest BCUT2D eigenvalue weighted by molar-refractivity contribution is 5.96. The Morgan fingerprint density at radius 1 is 1.40 bits per heavy atom. The third-order valence-corrected chi connectivity index (χ3v) is 3.69. The lowest BCUT2D eigenvalue weighted by atomic mass is 10.0. The third kappa shape index (κ3) is 2.81. The Bertz CT molecular complexity index is 516. The van der Waals surface area contributed by atoms with Crippen LogP contribution in [0.2, 0.25) is 0 Å². The summed E-state index contributed by atoms with van der Waals surface area (Å²) in [6.45, 7) is 6.10. The first-order valence-corrected chi connectivity index (χ1v) is 7.06. The molecule has 1 fully saturated rings. The van der Waals surface area contributed by atoms with Gasteiger partial charge in [-0.2, -0.15) is 0 Å². The first kappa shape index (κ1) is 14.5. The van der Waals surface area contributed by atoms with Gasteiger partial charge in [0.2, 0.25) is 11.8 Å². The summed E-state index contributed by atoms with van der Waals surface area (Å²) >= 11 is 0. The molecule has 0 saturated carbocycles. The van der Waals surface area contributed by atoms with E-state index in [1.807, 2.05) is 26.0 Å². The summed E-state index contributed by atoms with van der Waals surface area (Å²) in [5.74, 6) is -0.0966. The molecule has 20 heavy (non-hydrogen) atoms. The molecule has 1 aliphatic heterocycles. The van der Waals surface area contributed by atoms with Gasteiger partial charge in [-0.05, 0) is 31.9 Å². The smallest absolute Gasteiger partial charge is 0.245 e. The molecule has 0 bridgehead atoms. The predicted molar refractivity (Wildman–Crippen MR) is 75.8 cm³/mol. The summed E-state index contributed by atoms with van der Waals surface area (Å²) in [5, 5.41) is 2.74. The second-order valence-corrected chi connectivity index (χ2v) is 5.27. The van der Waals surface area contributed by atoms with Gasteiger partial charge in [0.15, 0.2) is 0 Å². The molecule has 1 saturated heterocycles. The Labute approximate surface area is 119 Å². The van der Waals surface area contributed by atoms with Gasteiger partial charge in [0.1, 0.15) is 12.1 Å². The summed E-state index contributed by atoms with van der Waals surface area (Å²) in [6.07, 6.45) is 3.25. The van der Waals surface area contributed by atoms with Crippen molar-refractivity contribution in [2.45, 2.75) is 52.2 Å². The summed E-state index contributed by atoms with van der Waals surface area (Å²) in [5.41, 5.74) is 1.89. The maximum atomic E-state index is 12.4. The monoisotopic (exact) mass is 275 g/mol. The SMILES string of the molecule is CCCC1C(=O)NC(C)C(=O)N1Cc1ncccc1C. The standard InChI is InChI=1S/C15H21N3O2/c1-4-6-13-14(19)17-11(3)15(20)18(13)9-12-10(2)7-5-8-16-12/h5,7-8,11,13H,4,6,9H2,1-3H3,(H,17,19). The first-order chi connectivity index (χ1) is 9.54. The molecule has 2 atom stereocenters. The molecule has 2 unspecified atom stereocenters. The molecule has 1 aromatic rings. The van der Waals surface area contributed by atoms with Crippen LogP contribution in [0, 0.1) is 6.92 Å². The van der Waals surface area contributed by atoms with Gasteiger partial charge in [0.25, 0.3) is 0 Å². The zero-order chi connectivity index (χ0) is 14.7. The molecular weight excluding hydrogens is 254 g/mol. The maximum Gasteiger partial charge on any atom is 0.245 e. The number of nitrogens with zero attached hydrogens (tertiary/aromatic N) is 2. The fraction of sp³-hybridized carbons (Fsp3) is 0.533. The minimum atomic E-state index is -0.459. The Hall–Kier alpha value is -1.91. The number of aromatic nitrogens is 1. The van der Waals surface area contributed by atoms with Crippen molar-refractivity contribution >= 4 is 11.8 Å². The van der Waals surface area contributed by atoms with Crippen LogP contribution in [0.1, 0.15) is 37.9 Å². The van der Waals surface area contributed by atoms with Gasteiger partial charge in [0, 0.05) is 6.20 Å². The predicted octanol–water partition coefficient (Wildman–Crippen LogP) is 1.41. The quantitative estimate of drug-likeness (QED) is 0.903. The Kier molecular flexibility index (Phi) is 4.37. The van der Waals surface area contributed by atoms with E-state index in [-0.39, 0.29) is 17.9 Å². The lowest BCUT2D eigenvalue weighted by Crippen LogP contribution is -2.62. The molecule has 0 radical (unpaired) electrons. The van der Waals surface area contributed by atoms with Crippen LogP contribution in [0.3, 0.4) is 0 Å². The van der Waals surface area contributed by atoms with Gasteiger partial charge in [-0.25, -0.2) is 0 Å². The van der Waals surface area contributed by atoms with Crippen LogP contribution in [0.5, 0.6) is 0 Å². The Morgan fingerprint density at radius 2 is 2.15 bits per heavy atom. The molecule has 2 amide bonds. The van der Waals surface area contributed by atoms with Crippen molar-refractivity contribution < 1.29 is 9.59 Å². The molecule has 1 N–H and O–H groups in total. The molecule has 2 heterocycles. The van der Waals surface area contributed by atoms with E-state index < -0.39 is 6.04 Å². The van der Waals surface area contributed by atoms with Crippen LogP contribution in [0.4, 0.5) is 0 Å². The highest BCUT2D eigenvalue weighted by Gasteiger charge is 2.38. The number of hydrogen-bond acceptors (Lipinski definition) is 3. The molecule has 0 spiro atoms. The number of piperazine rings is 1. The summed E-state index contributed by atoms with van der Waals surface area (Å²) < 4.78 is 0. The molecule has 5 heteroatoms. The molecule has 108 valence electrons. The number of carbonyl (C=O) groups is 2. The van der Waals surface area contributed by atoms with E-state index in [9.17, 15) is 9.59 Å². The minimum absolute atomic E-state index is 0.0342. The largest absolute Gasteiger partial charge is 0.343 e. The molecule has 2 rings (SSSR count). The molecule has 1 aromatic heterocycles. The van der Waals surface area contributed by atoms with Gasteiger partial charge >= 0.3 is 0 Å². The van der Waals surface area contributed by atoms with E-state index in [4.69, 9.17) is 0 Å². The zero-order valence-electron chi connectivity index (χ0n) is 12.2. The topological polar surface area (TPSA) is 62.3 Å². The van der Waals surface area contributed by atoms with Crippen LogP contribution in [0.15, 0.2) is 18.3 Å². The van der Waals surface area contributed by atoms with Crippen LogP contribution in [-0.2, 0) is 16.1 Å². The van der Waals surface area contributed by atoms with Gasteiger partial charge in [-0.3, -0.25) is 14.6 Å². The van der Waals surface area contributed by atoms with E-state index in [1.54, 1.807) is 18.0 Å². The average Bonchev–Trinajstić information content (AvgIpc) is 2.42. The van der Waals surface area contributed by atoms with Crippen LogP contribution in [-0.4, -0.2) is 33.8 Å². The van der Waals surface area contributed by atoms with E-state index in [0.29, 0.717) is 13.0 Å². The van der Waals surface area contributed by atoms with Gasteiger partial charge < -0.3 is 10.2 Å². The van der Waals surface area contributed by atoms with Crippen LogP contribution >= 0.6 is 0 Å². The Balaban J connectivity index is 2.26. The summed E-state index contributed by atoms with van der Waals surface area (Å²) in [4.78, 5) is 30.5. The minimum Gasteiger partial charge on any atom is -0.343 e. The highest BCUT2D eigenvalue weighted by Crippen LogP contribution is 2.18. The van der Waals surface area contributed by atoms with Crippen LogP contribution in [0.25, 0.3) is 0 Å². The lowest BCUT2D eigenvalue weighted by Gasteiger charge is -2.38. The van der Waals surface area contributed by atoms with E-state index >= 15 is 0 Å². The van der Waals surface area contributed by atoms with Gasteiger partial charge in [-0.1, -0.05) is 19.4 Å². The van der Waals surface area contributed by atoms with Crippen molar-refractivity contribution in [1.29, 1.82) is 0 Å². The fourth-order valence-corrected chi connectivity index (χ4v) is 2.51. The molecule has 5 nitrogen and oxygen atoms in total. The second-order valence-electron chi connectivity index (χ2n) is 5.27. The molecule has 0 aromatic carbocycles. The highest BCUT2D eigenvalue weighted by atomic mass is 16.2.